The molecule has 0 radical (unpaired) electrons. The second-order valence-electron chi connectivity index (χ2n) is 5.62. The van der Waals surface area contributed by atoms with Gasteiger partial charge < -0.3 is 4.74 Å². The smallest absolute Gasteiger partial charge is 0.330 e. The van der Waals surface area contributed by atoms with E-state index in [-0.39, 0.29) is 0 Å². The van der Waals surface area contributed by atoms with Crippen LogP contribution in [-0.2, 0) is 22.8 Å². The summed E-state index contributed by atoms with van der Waals surface area (Å²) >= 11 is 12.2. The summed E-state index contributed by atoms with van der Waals surface area (Å²) in [4.78, 5) is 11.4. The van der Waals surface area contributed by atoms with Crippen molar-refractivity contribution >= 4 is 46.2 Å². The summed E-state index contributed by atoms with van der Waals surface area (Å²) in [7, 11) is 1.30. The van der Waals surface area contributed by atoms with Crippen LogP contribution in [0.15, 0.2) is 42.5 Å². The number of nitrogens with zero attached hydrogens (tertiary/aromatic N) is 2. The lowest BCUT2D eigenvalue weighted by atomic mass is 10.1. The van der Waals surface area contributed by atoms with Crippen LogP contribution in [0.25, 0.3) is 17.0 Å². The molecule has 134 valence electrons. The first-order valence-corrected chi connectivity index (χ1v) is 8.52. The van der Waals surface area contributed by atoms with Gasteiger partial charge in [-0.3, -0.25) is 4.68 Å². The first kappa shape index (κ1) is 18.4. The van der Waals surface area contributed by atoms with Gasteiger partial charge in [-0.25, -0.2) is 9.18 Å². The Balaban J connectivity index is 2.08. The number of carbonyl (C=O) groups excluding carboxylic acids is 1. The van der Waals surface area contributed by atoms with E-state index in [0.29, 0.717) is 27.8 Å². The molecule has 0 aliphatic carbocycles. The number of alkyl halides is 1. The first-order valence-electron chi connectivity index (χ1n) is 7.77. The minimum atomic E-state index is -0.573. The van der Waals surface area contributed by atoms with Crippen molar-refractivity contribution in [3.63, 3.8) is 0 Å². The molecule has 0 aliphatic rings. The van der Waals surface area contributed by atoms with E-state index < -0.39 is 12.6 Å². The summed E-state index contributed by atoms with van der Waals surface area (Å²) in [5.74, 6) is -0.478. The maximum atomic E-state index is 13.1. The predicted octanol–water partition coefficient (Wildman–Crippen LogP) is 5.05. The predicted molar refractivity (Wildman–Crippen MR) is 101 cm³/mol. The molecule has 4 nitrogen and oxygen atoms in total. The van der Waals surface area contributed by atoms with Crippen LogP contribution in [0.3, 0.4) is 0 Å². The number of ether oxygens (including phenoxy) is 1. The Kier molecular flexibility index (Phi) is 5.59. The summed E-state index contributed by atoms with van der Waals surface area (Å²) in [6.07, 6.45) is 2.87. The van der Waals surface area contributed by atoms with Gasteiger partial charge in [0.1, 0.15) is 6.67 Å². The average Bonchev–Trinajstić information content (AvgIpc) is 2.98. The molecule has 0 fully saturated rings. The van der Waals surface area contributed by atoms with Gasteiger partial charge in [0.25, 0.3) is 0 Å². The van der Waals surface area contributed by atoms with Gasteiger partial charge in [0.05, 0.1) is 24.9 Å². The molecular formula is C19H15Cl2FN2O2. The molecule has 0 atom stereocenters. The summed E-state index contributed by atoms with van der Waals surface area (Å²) in [5, 5.41) is 6.41. The van der Waals surface area contributed by atoms with Gasteiger partial charge in [-0.05, 0) is 35.4 Å². The molecule has 26 heavy (non-hydrogen) atoms. The van der Waals surface area contributed by atoms with E-state index in [9.17, 15) is 9.18 Å². The topological polar surface area (TPSA) is 44.1 Å². The van der Waals surface area contributed by atoms with Gasteiger partial charge in [0.2, 0.25) is 0 Å². The Labute approximate surface area is 159 Å². The van der Waals surface area contributed by atoms with Crippen molar-refractivity contribution in [2.24, 2.45) is 0 Å². The van der Waals surface area contributed by atoms with Crippen LogP contribution < -0.4 is 0 Å². The number of benzene rings is 2. The van der Waals surface area contributed by atoms with Crippen molar-refractivity contribution in [3.05, 3.63) is 69.3 Å². The highest BCUT2D eigenvalue weighted by atomic mass is 35.5. The van der Waals surface area contributed by atoms with Crippen molar-refractivity contribution in [2.75, 3.05) is 7.11 Å². The molecule has 2 aromatic carbocycles. The summed E-state index contributed by atoms with van der Waals surface area (Å²) in [6.45, 7) is -0.190. The van der Waals surface area contributed by atoms with E-state index in [4.69, 9.17) is 23.2 Å². The number of rotatable bonds is 5. The van der Waals surface area contributed by atoms with Crippen molar-refractivity contribution in [1.82, 2.24) is 9.78 Å². The summed E-state index contributed by atoms with van der Waals surface area (Å²) in [5.41, 5.74) is 2.70. The molecule has 0 spiro atoms. The van der Waals surface area contributed by atoms with E-state index in [2.05, 4.69) is 9.84 Å². The molecular weight excluding hydrogens is 378 g/mol. The molecule has 0 aliphatic heterocycles. The van der Waals surface area contributed by atoms with Gasteiger partial charge >= 0.3 is 5.97 Å². The lowest BCUT2D eigenvalue weighted by molar-refractivity contribution is -0.134. The maximum absolute atomic E-state index is 13.1. The van der Waals surface area contributed by atoms with Gasteiger partial charge in [0, 0.05) is 21.5 Å². The molecule has 0 unspecified atom stereocenters. The minimum absolute atomic E-state index is 0.383. The Bertz CT molecular complexity index is 999. The van der Waals surface area contributed by atoms with E-state index in [0.717, 1.165) is 16.5 Å². The van der Waals surface area contributed by atoms with E-state index in [1.807, 2.05) is 6.07 Å². The first-order chi connectivity index (χ1) is 12.5. The van der Waals surface area contributed by atoms with Crippen LogP contribution in [0.5, 0.6) is 0 Å². The van der Waals surface area contributed by atoms with Crippen molar-refractivity contribution in [2.45, 2.75) is 13.2 Å². The maximum Gasteiger partial charge on any atom is 0.330 e. The minimum Gasteiger partial charge on any atom is -0.466 e. The molecule has 3 rings (SSSR count). The highest BCUT2D eigenvalue weighted by Gasteiger charge is 2.12. The quantitative estimate of drug-likeness (QED) is 0.450. The van der Waals surface area contributed by atoms with Crippen LogP contribution in [0, 0.1) is 0 Å². The highest BCUT2D eigenvalue weighted by molar-refractivity contribution is 6.35. The average molecular weight is 393 g/mol. The van der Waals surface area contributed by atoms with E-state index >= 15 is 0 Å². The third-order valence-electron chi connectivity index (χ3n) is 3.91. The molecule has 3 aromatic rings. The van der Waals surface area contributed by atoms with Crippen LogP contribution >= 0.6 is 23.2 Å². The monoisotopic (exact) mass is 392 g/mol. The van der Waals surface area contributed by atoms with Crippen molar-refractivity contribution in [3.8, 4) is 0 Å². The fourth-order valence-corrected chi connectivity index (χ4v) is 3.07. The lowest BCUT2D eigenvalue weighted by Crippen LogP contribution is -2.02. The van der Waals surface area contributed by atoms with E-state index in [1.54, 1.807) is 41.1 Å². The Morgan fingerprint density at radius 3 is 2.77 bits per heavy atom. The van der Waals surface area contributed by atoms with Crippen molar-refractivity contribution in [1.29, 1.82) is 0 Å². The Morgan fingerprint density at radius 2 is 2.08 bits per heavy atom. The fourth-order valence-electron chi connectivity index (χ4n) is 2.60. The largest absolute Gasteiger partial charge is 0.466 e. The van der Waals surface area contributed by atoms with Crippen LogP contribution in [0.2, 0.25) is 10.0 Å². The Hall–Kier alpha value is -2.37. The summed E-state index contributed by atoms with van der Waals surface area (Å²) in [6, 6.07) is 10.4. The number of aromatic nitrogens is 2. The number of fused-ring (bicyclic) bond motifs is 1. The molecule has 0 saturated carbocycles. The zero-order chi connectivity index (χ0) is 18.7. The third kappa shape index (κ3) is 3.89. The van der Waals surface area contributed by atoms with Crippen LogP contribution in [0.1, 0.15) is 16.8 Å². The molecule has 1 heterocycles. The molecule has 0 amide bonds. The van der Waals surface area contributed by atoms with Crippen LogP contribution in [-0.4, -0.2) is 22.9 Å². The zero-order valence-corrected chi connectivity index (χ0v) is 15.4. The second-order valence-corrected chi connectivity index (χ2v) is 6.46. The normalized spacial score (nSPS) is 11.4. The molecule has 1 aromatic heterocycles. The number of hydrogen-bond donors (Lipinski definition) is 0. The number of halogens is 3. The number of methoxy groups -OCH3 is 1. The highest BCUT2D eigenvalue weighted by Crippen LogP contribution is 2.26. The van der Waals surface area contributed by atoms with Crippen molar-refractivity contribution < 1.29 is 13.9 Å². The number of esters is 1. The molecule has 0 saturated heterocycles. The lowest BCUT2D eigenvalue weighted by Gasteiger charge is -2.07. The van der Waals surface area contributed by atoms with Gasteiger partial charge in [0.15, 0.2) is 0 Å². The molecule has 0 N–H and O–H groups in total. The number of hydrogen-bond acceptors (Lipinski definition) is 3. The van der Waals surface area contributed by atoms with Crippen LogP contribution in [0.4, 0.5) is 4.39 Å². The zero-order valence-electron chi connectivity index (χ0n) is 13.9. The number of carbonyl (C=O) groups is 1. The van der Waals surface area contributed by atoms with Gasteiger partial charge in [-0.2, -0.15) is 5.10 Å². The Morgan fingerprint density at radius 1 is 1.27 bits per heavy atom. The summed E-state index contributed by atoms with van der Waals surface area (Å²) < 4.78 is 19.4. The van der Waals surface area contributed by atoms with Gasteiger partial charge in [-0.15, -0.1) is 0 Å². The fraction of sp³-hybridized carbons (Fsp3) is 0.158. The third-order valence-corrected chi connectivity index (χ3v) is 4.50. The second kappa shape index (κ2) is 7.89. The SMILES string of the molecule is COC(=O)C=Cc1nn(Cc2ccc(Cl)cc2Cl)c2cc(CF)ccc12. The standard InChI is InChI=1S/C19H15Cl2FN2O2/c1-26-19(25)7-6-17-15-5-2-12(10-22)8-18(15)24(23-17)11-13-3-4-14(20)9-16(13)21/h2-9H,10-11H2,1H3. The van der Waals surface area contributed by atoms with E-state index in [1.165, 1.54) is 13.2 Å². The van der Waals surface area contributed by atoms with Gasteiger partial charge in [-0.1, -0.05) is 41.4 Å². The molecule has 7 heteroatoms. The molecule has 0 bridgehead atoms.